The molecular weight excluding hydrogens is 380 g/mol. The fourth-order valence-corrected chi connectivity index (χ4v) is 2.63. The van der Waals surface area contributed by atoms with E-state index in [0.29, 0.717) is 37.0 Å². The van der Waals surface area contributed by atoms with Crippen LogP contribution in [0.3, 0.4) is 0 Å². The van der Waals surface area contributed by atoms with Gasteiger partial charge in [0.05, 0.1) is 18.7 Å². The molecule has 1 aliphatic rings. The molecule has 12 nitrogen and oxygen atoms in total. The monoisotopic (exact) mass is 398 g/mol. The summed E-state index contributed by atoms with van der Waals surface area (Å²) in [7, 11) is 0. The van der Waals surface area contributed by atoms with Gasteiger partial charge in [0, 0.05) is 24.6 Å². The number of aromatic nitrogens is 6. The second-order valence-corrected chi connectivity index (χ2v) is 5.77. The lowest BCUT2D eigenvalue weighted by atomic mass is 10.2. The molecule has 0 saturated carbocycles. The van der Waals surface area contributed by atoms with Crippen LogP contribution in [-0.2, 0) is 9.53 Å². The first-order valence-corrected chi connectivity index (χ1v) is 8.57. The number of nitrogens with zero attached hydrogens (tertiary/aromatic N) is 6. The molecule has 1 aliphatic heterocycles. The van der Waals surface area contributed by atoms with Crippen LogP contribution in [0.15, 0.2) is 42.7 Å². The summed E-state index contributed by atoms with van der Waals surface area (Å²) in [5, 5.41) is 23.7. The first-order chi connectivity index (χ1) is 14.2. The second kappa shape index (κ2) is 9.85. The number of hydrogen-bond acceptors (Lipinski definition) is 9. The lowest BCUT2D eigenvalue weighted by molar-refractivity contribution is -0.122. The molecule has 3 heterocycles. The van der Waals surface area contributed by atoms with Gasteiger partial charge in [-0.05, 0) is 12.1 Å². The first-order valence-electron chi connectivity index (χ1n) is 8.57. The largest absolute Gasteiger partial charge is 0.483 e. The Kier molecular flexibility index (Phi) is 6.73. The molecule has 29 heavy (non-hydrogen) atoms. The maximum atomic E-state index is 12.7. The average Bonchev–Trinajstić information content (AvgIpc) is 3.30. The van der Waals surface area contributed by atoms with Crippen molar-refractivity contribution in [3.63, 3.8) is 0 Å². The van der Waals surface area contributed by atoms with Crippen LogP contribution >= 0.6 is 0 Å². The molecule has 1 unspecified atom stereocenters. The third-order valence-corrected chi connectivity index (χ3v) is 3.93. The van der Waals surface area contributed by atoms with Crippen molar-refractivity contribution in [1.29, 1.82) is 0 Å². The zero-order valence-corrected chi connectivity index (χ0v) is 15.2. The van der Waals surface area contributed by atoms with E-state index in [4.69, 9.17) is 14.6 Å². The molecule has 1 aromatic carbocycles. The number of rotatable bonds is 4. The van der Waals surface area contributed by atoms with Crippen LogP contribution < -0.4 is 5.32 Å². The van der Waals surface area contributed by atoms with Gasteiger partial charge in [-0.15, -0.1) is 10.2 Å². The highest BCUT2D eigenvalue weighted by molar-refractivity contribution is 5.93. The number of amides is 1. The van der Waals surface area contributed by atoms with Gasteiger partial charge in [0.15, 0.2) is 0 Å². The SMILES string of the molecule is O=C(c1cnc(Nc2ccccc2)nc1)N1CCOC(c2nn[nH]n2)C1.O=CO. The summed E-state index contributed by atoms with van der Waals surface area (Å²) in [6.45, 7) is 0.985. The van der Waals surface area contributed by atoms with E-state index in [1.54, 1.807) is 4.90 Å². The Morgan fingerprint density at radius 2 is 2.00 bits per heavy atom. The number of carboxylic acid groups (broad SMARTS) is 1. The Balaban J connectivity index is 0.000000755. The Bertz CT molecular complexity index is 905. The minimum Gasteiger partial charge on any atom is -0.483 e. The molecule has 2 aromatic heterocycles. The zero-order chi connectivity index (χ0) is 20.5. The summed E-state index contributed by atoms with van der Waals surface area (Å²) in [6.07, 6.45) is 2.63. The van der Waals surface area contributed by atoms with Crippen LogP contribution in [0.1, 0.15) is 22.3 Å². The Hall–Kier alpha value is -3.93. The van der Waals surface area contributed by atoms with Gasteiger partial charge in [0.25, 0.3) is 12.4 Å². The highest BCUT2D eigenvalue weighted by atomic mass is 16.5. The molecule has 0 bridgehead atoms. The molecule has 150 valence electrons. The second-order valence-electron chi connectivity index (χ2n) is 5.77. The van der Waals surface area contributed by atoms with Crippen molar-refractivity contribution < 1.29 is 19.4 Å². The van der Waals surface area contributed by atoms with Gasteiger partial charge in [-0.3, -0.25) is 9.59 Å². The van der Waals surface area contributed by atoms with E-state index < -0.39 is 6.10 Å². The molecule has 0 radical (unpaired) electrons. The minimum atomic E-state index is -0.397. The molecule has 1 saturated heterocycles. The third kappa shape index (κ3) is 5.29. The van der Waals surface area contributed by atoms with Crippen molar-refractivity contribution in [1.82, 2.24) is 35.5 Å². The van der Waals surface area contributed by atoms with E-state index in [2.05, 4.69) is 35.9 Å². The summed E-state index contributed by atoms with van der Waals surface area (Å²) in [5.41, 5.74) is 1.29. The van der Waals surface area contributed by atoms with E-state index in [1.807, 2.05) is 30.3 Å². The number of benzene rings is 1. The van der Waals surface area contributed by atoms with Crippen LogP contribution in [-0.4, -0.2) is 72.7 Å². The predicted octanol–water partition coefficient (Wildman–Crippen LogP) is 0.648. The van der Waals surface area contributed by atoms with Crippen LogP contribution in [0.25, 0.3) is 0 Å². The average molecular weight is 398 g/mol. The number of tetrazole rings is 1. The van der Waals surface area contributed by atoms with Gasteiger partial charge in [-0.25, -0.2) is 9.97 Å². The third-order valence-electron chi connectivity index (χ3n) is 3.93. The predicted molar refractivity (Wildman–Crippen MR) is 99.2 cm³/mol. The fourth-order valence-electron chi connectivity index (χ4n) is 2.63. The van der Waals surface area contributed by atoms with E-state index in [-0.39, 0.29) is 12.4 Å². The maximum Gasteiger partial charge on any atom is 0.290 e. The summed E-state index contributed by atoms with van der Waals surface area (Å²) in [6, 6.07) is 9.58. The van der Waals surface area contributed by atoms with Crippen molar-refractivity contribution in [2.45, 2.75) is 6.10 Å². The summed E-state index contributed by atoms with van der Waals surface area (Å²) in [4.78, 5) is 31.2. The van der Waals surface area contributed by atoms with Gasteiger partial charge in [-0.1, -0.05) is 23.4 Å². The van der Waals surface area contributed by atoms with Gasteiger partial charge in [0.1, 0.15) is 6.10 Å². The van der Waals surface area contributed by atoms with E-state index in [0.717, 1.165) is 5.69 Å². The fraction of sp³-hybridized carbons (Fsp3) is 0.235. The topological polar surface area (TPSA) is 159 Å². The number of carbonyl (C=O) groups excluding carboxylic acids is 1. The van der Waals surface area contributed by atoms with Gasteiger partial charge in [-0.2, -0.15) is 5.21 Å². The Morgan fingerprint density at radius 3 is 2.66 bits per heavy atom. The summed E-state index contributed by atoms with van der Waals surface area (Å²) < 4.78 is 5.60. The highest BCUT2D eigenvalue weighted by Crippen LogP contribution is 2.20. The standard InChI is InChI=1S/C16H16N8O2.CH2O2/c25-15(24-6-7-26-13(10-24)14-20-22-23-21-14)11-8-17-16(18-9-11)19-12-4-2-1-3-5-12;2-1-3/h1-5,8-9,13H,6-7,10H2,(H,17,18,19)(H,20,21,22,23);1H,(H,2,3). The molecule has 4 rings (SSSR count). The summed E-state index contributed by atoms with van der Waals surface area (Å²) in [5.74, 6) is 0.702. The normalized spacial score (nSPS) is 15.7. The molecule has 1 fully saturated rings. The van der Waals surface area contributed by atoms with Crippen molar-refractivity contribution in [3.05, 3.63) is 54.1 Å². The number of para-hydroxylation sites is 1. The number of ether oxygens (including phenoxy) is 1. The van der Waals surface area contributed by atoms with Crippen LogP contribution in [0.4, 0.5) is 11.6 Å². The van der Waals surface area contributed by atoms with E-state index in [1.165, 1.54) is 12.4 Å². The lowest BCUT2D eigenvalue weighted by Gasteiger charge is -2.31. The van der Waals surface area contributed by atoms with E-state index >= 15 is 0 Å². The minimum absolute atomic E-state index is 0.159. The Morgan fingerprint density at radius 1 is 1.28 bits per heavy atom. The number of anilines is 2. The molecule has 0 aliphatic carbocycles. The van der Waals surface area contributed by atoms with Crippen molar-refractivity contribution in [2.75, 3.05) is 25.0 Å². The number of nitrogens with one attached hydrogen (secondary N) is 2. The first kappa shape index (κ1) is 19.8. The van der Waals surface area contributed by atoms with Gasteiger partial charge >= 0.3 is 0 Å². The highest BCUT2D eigenvalue weighted by Gasteiger charge is 2.28. The number of carbonyl (C=O) groups is 2. The molecule has 3 N–H and O–H groups in total. The number of hydrogen-bond donors (Lipinski definition) is 3. The molecule has 0 spiro atoms. The molecular formula is C17H18N8O4. The van der Waals surface area contributed by atoms with E-state index in [9.17, 15) is 4.79 Å². The zero-order valence-electron chi connectivity index (χ0n) is 15.2. The Labute approximate surface area is 164 Å². The van der Waals surface area contributed by atoms with Crippen molar-refractivity contribution in [2.24, 2.45) is 0 Å². The molecule has 3 aromatic rings. The van der Waals surface area contributed by atoms with Crippen molar-refractivity contribution in [3.8, 4) is 0 Å². The molecule has 1 amide bonds. The number of morpholine rings is 1. The van der Waals surface area contributed by atoms with Crippen LogP contribution in [0.2, 0.25) is 0 Å². The molecule has 12 heteroatoms. The lowest BCUT2D eigenvalue weighted by Crippen LogP contribution is -2.42. The van der Waals surface area contributed by atoms with Gasteiger partial charge in [0.2, 0.25) is 11.8 Å². The number of H-pyrrole nitrogens is 1. The van der Waals surface area contributed by atoms with Crippen molar-refractivity contribution >= 4 is 24.0 Å². The summed E-state index contributed by atoms with van der Waals surface area (Å²) >= 11 is 0. The maximum absolute atomic E-state index is 12.7. The smallest absolute Gasteiger partial charge is 0.290 e. The molecule has 1 atom stereocenters. The van der Waals surface area contributed by atoms with Crippen LogP contribution in [0.5, 0.6) is 0 Å². The van der Waals surface area contributed by atoms with Crippen LogP contribution in [0, 0.1) is 0 Å². The van der Waals surface area contributed by atoms with Gasteiger partial charge < -0.3 is 20.1 Å². The number of aromatic amines is 1. The quantitative estimate of drug-likeness (QED) is 0.532.